The number of benzene rings is 1. The van der Waals surface area contributed by atoms with Gasteiger partial charge in [-0.3, -0.25) is 0 Å². The zero-order valence-corrected chi connectivity index (χ0v) is 11.3. The van der Waals surface area contributed by atoms with Crippen molar-refractivity contribution in [3.05, 3.63) is 41.7 Å². The molecule has 0 aliphatic rings. The summed E-state index contributed by atoms with van der Waals surface area (Å²) in [5.41, 5.74) is 1.31. The smallest absolute Gasteiger partial charge is 0.0918 e. The van der Waals surface area contributed by atoms with Crippen molar-refractivity contribution in [3.63, 3.8) is 0 Å². The minimum absolute atomic E-state index is 0.956. The Morgan fingerprint density at radius 3 is 2.56 bits per heavy atom. The first kappa shape index (κ1) is 13.5. The Kier molecular flexibility index (Phi) is 6.43. The predicted molar refractivity (Wildman–Crippen MR) is 71.9 cm³/mol. The van der Waals surface area contributed by atoms with Crippen LogP contribution in [-0.4, -0.2) is 7.11 Å². The number of allylic oxidation sites excluding steroid dienone is 2. The van der Waals surface area contributed by atoms with Gasteiger partial charge in [-0.25, -0.2) is 0 Å². The Labute approximate surface area is 106 Å². The average molecular weight is 257 g/mol. The standard InChI is InChI=1S/C13H17ClOS/c1-3-4-12(15-2)8-5-11-6-9-13(16-14)10-7-11/h4,6-7,9-10H,3,5,8H2,1-2H3/b12-4+. The van der Waals surface area contributed by atoms with Crippen molar-refractivity contribution in [1.29, 1.82) is 0 Å². The lowest BCUT2D eigenvalue weighted by Crippen LogP contribution is -1.91. The molecule has 16 heavy (non-hydrogen) atoms. The van der Waals surface area contributed by atoms with Crippen molar-refractivity contribution in [2.45, 2.75) is 31.1 Å². The summed E-state index contributed by atoms with van der Waals surface area (Å²) in [5.74, 6) is 1.07. The van der Waals surface area contributed by atoms with Crippen molar-refractivity contribution in [1.82, 2.24) is 0 Å². The van der Waals surface area contributed by atoms with Crippen LogP contribution in [0.25, 0.3) is 0 Å². The van der Waals surface area contributed by atoms with Crippen molar-refractivity contribution in [2.24, 2.45) is 0 Å². The fourth-order valence-electron chi connectivity index (χ4n) is 1.49. The van der Waals surface area contributed by atoms with E-state index in [9.17, 15) is 0 Å². The molecule has 3 heteroatoms. The van der Waals surface area contributed by atoms with Crippen molar-refractivity contribution < 1.29 is 4.74 Å². The Morgan fingerprint density at radius 1 is 1.38 bits per heavy atom. The molecule has 0 heterocycles. The molecule has 1 nitrogen and oxygen atoms in total. The molecule has 0 bridgehead atoms. The van der Waals surface area contributed by atoms with Gasteiger partial charge in [0.05, 0.1) is 12.9 Å². The average Bonchev–Trinajstić information content (AvgIpc) is 2.35. The first-order chi connectivity index (χ1) is 7.80. The van der Waals surface area contributed by atoms with E-state index >= 15 is 0 Å². The minimum atomic E-state index is 0.956. The number of halogens is 1. The highest BCUT2D eigenvalue weighted by molar-refractivity contribution is 8.21. The highest BCUT2D eigenvalue weighted by Crippen LogP contribution is 2.22. The molecule has 0 saturated heterocycles. The van der Waals surface area contributed by atoms with E-state index in [0.29, 0.717) is 0 Å². The number of rotatable bonds is 6. The lowest BCUT2D eigenvalue weighted by atomic mass is 10.1. The molecule has 0 aliphatic heterocycles. The molecule has 0 atom stereocenters. The third kappa shape index (κ3) is 4.50. The van der Waals surface area contributed by atoms with E-state index in [1.807, 2.05) is 12.1 Å². The summed E-state index contributed by atoms with van der Waals surface area (Å²) in [6.45, 7) is 2.12. The van der Waals surface area contributed by atoms with Gasteiger partial charge < -0.3 is 4.74 Å². The topological polar surface area (TPSA) is 9.23 Å². The van der Waals surface area contributed by atoms with Crippen LogP contribution in [0.1, 0.15) is 25.3 Å². The van der Waals surface area contributed by atoms with Gasteiger partial charge in [0.15, 0.2) is 0 Å². The minimum Gasteiger partial charge on any atom is -0.501 e. The fourth-order valence-corrected chi connectivity index (χ4v) is 2.04. The summed E-state index contributed by atoms with van der Waals surface area (Å²) in [5, 5.41) is 0. The van der Waals surface area contributed by atoms with Gasteiger partial charge in [-0.15, -0.1) is 0 Å². The van der Waals surface area contributed by atoms with Gasteiger partial charge in [-0.2, -0.15) is 0 Å². The van der Waals surface area contributed by atoms with Crippen LogP contribution in [0.3, 0.4) is 0 Å². The number of hydrogen-bond acceptors (Lipinski definition) is 2. The van der Waals surface area contributed by atoms with Gasteiger partial charge in [-0.05, 0) is 58.3 Å². The Bertz CT molecular complexity index is 332. The van der Waals surface area contributed by atoms with Crippen LogP contribution in [0.4, 0.5) is 0 Å². The van der Waals surface area contributed by atoms with Gasteiger partial charge in [-0.1, -0.05) is 19.1 Å². The highest BCUT2D eigenvalue weighted by atomic mass is 35.7. The number of methoxy groups -OCH3 is 1. The molecule has 1 aromatic carbocycles. The molecule has 0 aliphatic carbocycles. The SMILES string of the molecule is CC/C=C(\CCc1ccc(SCl)cc1)OC. The maximum Gasteiger partial charge on any atom is 0.0918 e. The molecule has 0 aromatic heterocycles. The lowest BCUT2D eigenvalue weighted by Gasteiger charge is -2.06. The second kappa shape index (κ2) is 7.64. The van der Waals surface area contributed by atoms with E-state index in [0.717, 1.165) is 29.9 Å². The third-order valence-electron chi connectivity index (χ3n) is 2.37. The van der Waals surface area contributed by atoms with Crippen LogP contribution in [0.15, 0.2) is 41.0 Å². The second-order valence-electron chi connectivity index (χ2n) is 3.50. The molecule has 0 radical (unpaired) electrons. The van der Waals surface area contributed by atoms with Crippen molar-refractivity contribution >= 4 is 21.7 Å². The molecule has 0 N–H and O–H groups in total. The summed E-state index contributed by atoms with van der Waals surface area (Å²) in [4.78, 5) is 1.08. The van der Waals surface area contributed by atoms with Gasteiger partial charge in [0.1, 0.15) is 0 Å². The van der Waals surface area contributed by atoms with Crippen molar-refractivity contribution in [2.75, 3.05) is 7.11 Å². The first-order valence-corrected chi connectivity index (χ1v) is 7.05. The Hall–Kier alpha value is -0.600. The van der Waals surface area contributed by atoms with E-state index in [1.165, 1.54) is 16.5 Å². The zero-order chi connectivity index (χ0) is 11.8. The van der Waals surface area contributed by atoms with E-state index in [2.05, 4.69) is 25.1 Å². The molecule has 1 rings (SSSR count). The summed E-state index contributed by atoms with van der Waals surface area (Å²) in [6.07, 6.45) is 5.11. The molecule has 0 saturated carbocycles. The lowest BCUT2D eigenvalue weighted by molar-refractivity contribution is 0.275. The largest absolute Gasteiger partial charge is 0.501 e. The molecule has 1 aromatic rings. The summed E-state index contributed by atoms with van der Waals surface area (Å²) in [7, 11) is 8.64. The van der Waals surface area contributed by atoms with E-state index < -0.39 is 0 Å². The van der Waals surface area contributed by atoms with Gasteiger partial charge >= 0.3 is 0 Å². The van der Waals surface area contributed by atoms with Crippen LogP contribution >= 0.6 is 21.7 Å². The monoisotopic (exact) mass is 256 g/mol. The van der Waals surface area contributed by atoms with Gasteiger partial charge in [0.2, 0.25) is 0 Å². The van der Waals surface area contributed by atoms with Crippen LogP contribution in [0.2, 0.25) is 0 Å². The molecule has 0 fully saturated rings. The summed E-state index contributed by atoms with van der Waals surface area (Å²) in [6, 6.07) is 8.32. The molecule has 0 spiro atoms. The molecule has 0 unspecified atom stereocenters. The van der Waals surface area contributed by atoms with Gasteiger partial charge in [0, 0.05) is 11.3 Å². The molecular weight excluding hydrogens is 240 g/mol. The van der Waals surface area contributed by atoms with Crippen LogP contribution in [0.5, 0.6) is 0 Å². The fraction of sp³-hybridized carbons (Fsp3) is 0.385. The maximum atomic E-state index is 5.66. The van der Waals surface area contributed by atoms with Crippen LogP contribution in [-0.2, 0) is 11.2 Å². The van der Waals surface area contributed by atoms with Gasteiger partial charge in [0.25, 0.3) is 0 Å². The van der Waals surface area contributed by atoms with Crippen molar-refractivity contribution in [3.8, 4) is 0 Å². The number of aryl methyl sites for hydroxylation is 1. The number of ether oxygens (including phenoxy) is 1. The Morgan fingerprint density at radius 2 is 2.06 bits per heavy atom. The number of hydrogen-bond donors (Lipinski definition) is 0. The summed E-state index contributed by atoms with van der Waals surface area (Å²) >= 11 is 0. The molecule has 88 valence electrons. The molecular formula is C13H17ClOS. The Balaban J connectivity index is 2.50. The van der Waals surface area contributed by atoms with E-state index in [4.69, 9.17) is 15.4 Å². The van der Waals surface area contributed by atoms with Crippen LogP contribution in [0, 0.1) is 0 Å². The van der Waals surface area contributed by atoms with Crippen LogP contribution < -0.4 is 0 Å². The summed E-state index contributed by atoms with van der Waals surface area (Å²) < 4.78 is 5.29. The zero-order valence-electron chi connectivity index (χ0n) is 9.70. The van der Waals surface area contributed by atoms with E-state index in [-0.39, 0.29) is 0 Å². The maximum absolute atomic E-state index is 5.66. The first-order valence-electron chi connectivity index (χ1n) is 5.40. The predicted octanol–water partition coefficient (Wildman–Crippen LogP) is 4.81. The van der Waals surface area contributed by atoms with E-state index in [1.54, 1.807) is 7.11 Å². The highest BCUT2D eigenvalue weighted by Gasteiger charge is 1.98. The quantitative estimate of drug-likeness (QED) is 0.676. The third-order valence-corrected chi connectivity index (χ3v) is 3.35. The normalized spacial score (nSPS) is 11.6. The second-order valence-corrected chi connectivity index (χ2v) is 4.59. The molecule has 0 amide bonds.